The van der Waals surface area contributed by atoms with Crippen molar-refractivity contribution in [2.24, 2.45) is 0 Å². The standard InChI is InChI=1S/C21H17P.C19H33P.C10H23P.C8H19P.C4H11P/c1-22(20-14-6-10-16-8-2-4-12-18(16)20)21-15-7-11-17-9-3-5-13-19(17)21;1-5-8-11-16-14-15-19(20-4)18(13-10-7-3)17(16)12-9-6-2;1-4-7-9-11(6-3)10-8-5-2;1-4-7-9(6-3)8-5-2;1-4-5(2)3/h2-15H,1H3;14-15,20H,5-13H2,1-4H3;4-10H2,1-3H3;4-8H2,1-3H3;4H2,1-3H3. The Labute approximate surface area is 424 Å². The molecule has 5 aromatic carbocycles. The van der Waals surface area contributed by atoms with Crippen molar-refractivity contribution < 1.29 is 0 Å². The molecule has 0 bridgehead atoms. The van der Waals surface area contributed by atoms with Gasteiger partial charge < -0.3 is 0 Å². The van der Waals surface area contributed by atoms with Gasteiger partial charge in [0.15, 0.2) is 0 Å². The quantitative estimate of drug-likeness (QED) is 0.0511. The van der Waals surface area contributed by atoms with Crippen molar-refractivity contribution in [3.8, 4) is 0 Å². The number of unbranched alkanes of at least 4 members (excludes halogenated alkanes) is 5. The van der Waals surface area contributed by atoms with E-state index in [0.29, 0.717) is 23.8 Å². The molecule has 0 fully saturated rings. The molecule has 0 amide bonds. The van der Waals surface area contributed by atoms with E-state index >= 15 is 0 Å². The van der Waals surface area contributed by atoms with Gasteiger partial charge in [0.25, 0.3) is 0 Å². The largest absolute Gasteiger partial charge is 0.113 e. The van der Waals surface area contributed by atoms with Crippen molar-refractivity contribution in [2.45, 2.75) is 166 Å². The molecule has 0 aliphatic heterocycles. The van der Waals surface area contributed by atoms with Crippen LogP contribution in [0.25, 0.3) is 21.5 Å². The first kappa shape index (κ1) is 63.8. The van der Waals surface area contributed by atoms with E-state index in [1.165, 1.54) is 172 Å². The average Bonchev–Trinajstić information content (AvgIpc) is 3.37. The fourth-order valence-corrected chi connectivity index (χ4v) is 15.6. The van der Waals surface area contributed by atoms with E-state index < -0.39 is 0 Å². The van der Waals surface area contributed by atoms with Crippen LogP contribution in [0.4, 0.5) is 0 Å². The lowest BCUT2D eigenvalue weighted by molar-refractivity contribution is 0.737. The Morgan fingerprint density at radius 3 is 1.19 bits per heavy atom. The van der Waals surface area contributed by atoms with Gasteiger partial charge in [0.1, 0.15) is 0 Å². The predicted octanol–water partition coefficient (Wildman–Crippen LogP) is 19.8. The molecule has 0 saturated heterocycles. The maximum absolute atomic E-state index is 2.43. The molecule has 0 spiro atoms. The van der Waals surface area contributed by atoms with E-state index in [0.717, 1.165) is 8.58 Å². The van der Waals surface area contributed by atoms with Crippen LogP contribution in [-0.2, 0) is 19.3 Å². The van der Waals surface area contributed by atoms with E-state index in [9.17, 15) is 0 Å². The van der Waals surface area contributed by atoms with Gasteiger partial charge >= 0.3 is 0 Å². The van der Waals surface area contributed by atoms with E-state index in [4.69, 9.17) is 0 Å². The molecule has 376 valence electrons. The molecule has 0 heterocycles. The second-order valence-corrected chi connectivity index (χ2v) is 30.0. The Kier molecular flexibility index (Phi) is 39.4. The van der Waals surface area contributed by atoms with Gasteiger partial charge in [-0.25, -0.2) is 0 Å². The molecule has 0 saturated carbocycles. The fraction of sp³-hybridized carbons (Fsp3) is 0.581. The Bertz CT molecular complexity index is 1830. The van der Waals surface area contributed by atoms with E-state index in [-0.39, 0.29) is 7.92 Å². The summed E-state index contributed by atoms with van der Waals surface area (Å²) in [6.45, 7) is 32.3. The Morgan fingerprint density at radius 1 is 0.388 bits per heavy atom. The average molecular weight is 1000 g/mol. The Morgan fingerprint density at radius 2 is 0.791 bits per heavy atom. The third kappa shape index (κ3) is 25.6. The van der Waals surface area contributed by atoms with Crippen LogP contribution in [0.1, 0.15) is 163 Å². The normalized spacial score (nSPS) is 11.1. The second-order valence-electron chi connectivity index (χ2n) is 18.3. The molecule has 1 unspecified atom stereocenters. The summed E-state index contributed by atoms with van der Waals surface area (Å²) in [4.78, 5) is 0. The summed E-state index contributed by atoms with van der Waals surface area (Å²) in [5, 5.41) is 9.97. The molecule has 0 radical (unpaired) electrons. The topological polar surface area (TPSA) is 0 Å². The minimum atomic E-state index is -0.370. The van der Waals surface area contributed by atoms with Crippen LogP contribution in [-0.4, -0.2) is 69.8 Å². The molecule has 67 heavy (non-hydrogen) atoms. The Hall–Kier alpha value is -1.23. The van der Waals surface area contributed by atoms with Crippen molar-refractivity contribution in [3.05, 3.63) is 114 Å². The lowest BCUT2D eigenvalue weighted by atomic mass is 9.91. The Balaban J connectivity index is 0.000000456. The molecule has 0 aliphatic carbocycles. The molecule has 5 aromatic rings. The highest BCUT2D eigenvalue weighted by atomic mass is 31.1. The lowest BCUT2D eigenvalue weighted by Gasteiger charge is -2.18. The third-order valence-electron chi connectivity index (χ3n) is 12.7. The van der Waals surface area contributed by atoms with E-state index in [1.54, 1.807) is 22.0 Å². The predicted molar refractivity (Wildman–Crippen MR) is 330 cm³/mol. The highest BCUT2D eigenvalue weighted by molar-refractivity contribution is 7.73. The number of aryl methyl sites for hydroxylation is 1. The monoisotopic (exact) mass is 1000 g/mol. The van der Waals surface area contributed by atoms with Gasteiger partial charge in [-0.1, -0.05) is 220 Å². The number of fused-ring (bicyclic) bond motifs is 2. The van der Waals surface area contributed by atoms with E-state index in [1.807, 2.05) is 0 Å². The van der Waals surface area contributed by atoms with Gasteiger partial charge in [0.2, 0.25) is 0 Å². The first-order valence-corrected chi connectivity index (χ1v) is 36.7. The molecule has 5 rings (SSSR count). The zero-order chi connectivity index (χ0) is 49.7. The highest BCUT2D eigenvalue weighted by Crippen LogP contribution is 2.38. The third-order valence-corrected chi connectivity index (χ3v) is 23.0. The van der Waals surface area contributed by atoms with Crippen LogP contribution < -0.4 is 15.9 Å². The van der Waals surface area contributed by atoms with Gasteiger partial charge in [-0.15, -0.1) is 23.8 Å². The zero-order valence-electron chi connectivity index (χ0n) is 46.1. The summed E-state index contributed by atoms with van der Waals surface area (Å²) in [7, 11) is 1.84. The van der Waals surface area contributed by atoms with Crippen molar-refractivity contribution in [2.75, 3.05) is 69.8 Å². The van der Waals surface area contributed by atoms with Crippen molar-refractivity contribution >= 4 is 77.7 Å². The van der Waals surface area contributed by atoms with Gasteiger partial charge in [-0.3, -0.25) is 0 Å². The minimum absolute atomic E-state index is 0.370. The molecule has 1 atom stereocenters. The number of benzene rings is 5. The SMILES string of the molecule is CCCCP(CC)CCCC.CCCCc1ccc(PC)c(CCCC)c1CCCC.CCCP(CC)CCC.CCP(C)C.CP(c1cccc2ccccc12)c1cccc2ccccc12. The van der Waals surface area contributed by atoms with Crippen LogP contribution in [0, 0.1) is 0 Å². The van der Waals surface area contributed by atoms with Crippen molar-refractivity contribution in [1.29, 1.82) is 0 Å². The minimum Gasteiger partial charge on any atom is -0.113 e. The molecule has 0 nitrogen and oxygen atoms in total. The van der Waals surface area contributed by atoms with Gasteiger partial charge in [-0.05, 0) is 183 Å². The maximum atomic E-state index is 2.43. The van der Waals surface area contributed by atoms with Crippen LogP contribution in [0.2, 0.25) is 0 Å². The zero-order valence-corrected chi connectivity index (χ0v) is 50.7. The van der Waals surface area contributed by atoms with Crippen LogP contribution in [0.3, 0.4) is 0 Å². The van der Waals surface area contributed by atoms with Crippen LogP contribution in [0.5, 0.6) is 0 Å². The molecule has 5 heteroatoms. The van der Waals surface area contributed by atoms with Crippen LogP contribution in [0.15, 0.2) is 97.1 Å². The molecular weight excluding hydrogens is 900 g/mol. The molecule has 0 aromatic heterocycles. The molecular formula is C62H103P5. The summed E-state index contributed by atoms with van der Waals surface area (Å²) in [5.41, 5.74) is 5.09. The first-order valence-electron chi connectivity index (χ1n) is 27.2. The first-order chi connectivity index (χ1) is 32.6. The summed E-state index contributed by atoms with van der Waals surface area (Å²) in [6, 6.07) is 35.6. The highest BCUT2D eigenvalue weighted by Gasteiger charge is 2.14. The fourth-order valence-electron chi connectivity index (χ4n) is 8.26. The number of rotatable bonds is 25. The van der Waals surface area contributed by atoms with E-state index in [2.05, 4.69) is 193 Å². The summed E-state index contributed by atoms with van der Waals surface area (Å²) >= 11 is 0. The smallest absolute Gasteiger partial charge is 0.0104 e. The van der Waals surface area contributed by atoms with Gasteiger partial charge in [-0.2, -0.15) is 0 Å². The van der Waals surface area contributed by atoms with Crippen molar-refractivity contribution in [1.82, 2.24) is 0 Å². The summed E-state index contributed by atoms with van der Waals surface area (Å²) in [6.07, 6.45) is 30.6. The molecule has 0 N–H and O–H groups in total. The summed E-state index contributed by atoms with van der Waals surface area (Å²) in [5.74, 6) is 0. The second kappa shape index (κ2) is 41.4. The number of hydrogen-bond donors (Lipinski definition) is 0. The molecule has 0 aliphatic rings. The number of hydrogen-bond acceptors (Lipinski definition) is 0. The lowest BCUT2D eigenvalue weighted by Crippen LogP contribution is -2.12. The van der Waals surface area contributed by atoms with Gasteiger partial charge in [0.05, 0.1) is 0 Å². The maximum Gasteiger partial charge on any atom is -0.0104 e. The van der Waals surface area contributed by atoms with Crippen molar-refractivity contribution in [3.63, 3.8) is 0 Å². The summed E-state index contributed by atoms with van der Waals surface area (Å²) < 4.78 is 0. The van der Waals surface area contributed by atoms with Gasteiger partial charge in [0, 0.05) is 0 Å². The van der Waals surface area contributed by atoms with Crippen LogP contribution >= 0.6 is 40.3 Å².